The minimum atomic E-state index is 0.522. The summed E-state index contributed by atoms with van der Waals surface area (Å²) >= 11 is 1.98. The van der Waals surface area contributed by atoms with Crippen LogP contribution in [0, 0.1) is 0 Å². The number of nitrogens with one attached hydrogen (secondary N) is 2. The smallest absolute Gasteiger partial charge is 0.191 e. The standard InChI is InChI=1S/C21H36N4OS/c1-5-25(6-2)13-14-26-20-10-8-7-9-17(20)16-23-21(22-3)24-18-11-12-19(15-18)27-4/h7-10,18-19H,5-6,11-16H2,1-4H3,(H2,22,23,24). The molecule has 0 amide bonds. The van der Waals surface area contributed by atoms with Gasteiger partial charge in [-0.05, 0) is 44.7 Å². The van der Waals surface area contributed by atoms with Crippen molar-refractivity contribution < 1.29 is 4.74 Å². The fraction of sp³-hybridized carbons (Fsp3) is 0.667. The van der Waals surface area contributed by atoms with Crippen LogP contribution >= 0.6 is 11.8 Å². The zero-order chi connectivity index (χ0) is 19.5. The van der Waals surface area contributed by atoms with E-state index in [1.54, 1.807) is 0 Å². The molecule has 27 heavy (non-hydrogen) atoms. The average molecular weight is 393 g/mol. The Morgan fingerprint density at radius 1 is 1.26 bits per heavy atom. The van der Waals surface area contributed by atoms with Crippen LogP contribution in [0.4, 0.5) is 0 Å². The van der Waals surface area contributed by atoms with Crippen molar-refractivity contribution in [2.24, 2.45) is 4.99 Å². The Morgan fingerprint density at radius 3 is 2.70 bits per heavy atom. The fourth-order valence-electron chi connectivity index (χ4n) is 3.47. The molecule has 1 fully saturated rings. The number of para-hydroxylation sites is 1. The van der Waals surface area contributed by atoms with Gasteiger partial charge in [-0.2, -0.15) is 11.8 Å². The van der Waals surface area contributed by atoms with Gasteiger partial charge >= 0.3 is 0 Å². The molecule has 5 nitrogen and oxygen atoms in total. The molecule has 1 aliphatic rings. The minimum Gasteiger partial charge on any atom is -0.492 e. The van der Waals surface area contributed by atoms with Gasteiger partial charge in [-0.3, -0.25) is 4.99 Å². The molecule has 0 aromatic heterocycles. The number of benzene rings is 1. The van der Waals surface area contributed by atoms with E-state index in [0.29, 0.717) is 19.2 Å². The molecule has 0 saturated heterocycles. The molecular weight excluding hydrogens is 356 g/mol. The molecule has 0 heterocycles. The summed E-state index contributed by atoms with van der Waals surface area (Å²) in [5, 5.41) is 7.80. The van der Waals surface area contributed by atoms with Gasteiger partial charge in [-0.1, -0.05) is 32.0 Å². The van der Waals surface area contributed by atoms with Crippen molar-refractivity contribution in [1.29, 1.82) is 0 Å². The third-order valence-corrected chi connectivity index (χ3v) is 6.36. The second-order valence-corrected chi connectivity index (χ2v) is 8.06. The van der Waals surface area contributed by atoms with Crippen LogP contribution in [0.5, 0.6) is 5.75 Å². The number of aliphatic imine (C=N–C) groups is 1. The first-order valence-corrected chi connectivity index (χ1v) is 11.4. The second-order valence-electron chi connectivity index (χ2n) is 6.92. The van der Waals surface area contributed by atoms with Crippen molar-refractivity contribution in [3.8, 4) is 5.75 Å². The van der Waals surface area contributed by atoms with Gasteiger partial charge in [0.05, 0.1) is 0 Å². The molecule has 1 saturated carbocycles. The molecule has 6 heteroatoms. The molecule has 0 aliphatic heterocycles. The Labute approximate surface area is 169 Å². The van der Waals surface area contributed by atoms with Crippen molar-refractivity contribution in [3.63, 3.8) is 0 Å². The molecule has 2 rings (SSSR count). The van der Waals surface area contributed by atoms with E-state index < -0.39 is 0 Å². The van der Waals surface area contributed by atoms with E-state index in [9.17, 15) is 0 Å². The van der Waals surface area contributed by atoms with Gasteiger partial charge in [0.1, 0.15) is 12.4 Å². The largest absolute Gasteiger partial charge is 0.492 e. The van der Waals surface area contributed by atoms with Crippen molar-refractivity contribution in [3.05, 3.63) is 29.8 Å². The van der Waals surface area contributed by atoms with Gasteiger partial charge in [-0.25, -0.2) is 0 Å². The van der Waals surface area contributed by atoms with Crippen LogP contribution in [0.15, 0.2) is 29.3 Å². The molecule has 0 spiro atoms. The summed E-state index contributed by atoms with van der Waals surface area (Å²) in [6.07, 6.45) is 5.93. The Hall–Kier alpha value is -1.40. The lowest BCUT2D eigenvalue weighted by Gasteiger charge is -2.20. The Morgan fingerprint density at radius 2 is 2.04 bits per heavy atom. The average Bonchev–Trinajstić information content (AvgIpc) is 3.17. The summed E-state index contributed by atoms with van der Waals surface area (Å²) in [4.78, 5) is 6.77. The second kappa shape index (κ2) is 12.1. The minimum absolute atomic E-state index is 0.522. The molecule has 2 unspecified atom stereocenters. The maximum atomic E-state index is 6.05. The number of guanidine groups is 1. The molecule has 1 aromatic carbocycles. The lowest BCUT2D eigenvalue weighted by atomic mass is 10.2. The van der Waals surface area contributed by atoms with Gasteiger partial charge in [0.2, 0.25) is 0 Å². The van der Waals surface area contributed by atoms with E-state index in [4.69, 9.17) is 4.74 Å². The predicted octanol–water partition coefficient (Wildman–Crippen LogP) is 3.36. The molecule has 2 atom stereocenters. The lowest BCUT2D eigenvalue weighted by Crippen LogP contribution is -2.42. The van der Waals surface area contributed by atoms with Crippen molar-refractivity contribution in [1.82, 2.24) is 15.5 Å². The van der Waals surface area contributed by atoms with Crippen LogP contribution < -0.4 is 15.4 Å². The van der Waals surface area contributed by atoms with Crippen molar-refractivity contribution in [2.45, 2.75) is 50.9 Å². The molecule has 2 N–H and O–H groups in total. The number of likely N-dealkylation sites (N-methyl/N-ethyl adjacent to an activating group) is 1. The third kappa shape index (κ3) is 7.26. The van der Waals surface area contributed by atoms with E-state index in [2.05, 4.69) is 58.8 Å². The van der Waals surface area contributed by atoms with Crippen molar-refractivity contribution >= 4 is 17.7 Å². The molecule has 0 bridgehead atoms. The van der Waals surface area contributed by atoms with Crippen LogP contribution in [-0.2, 0) is 6.54 Å². The highest BCUT2D eigenvalue weighted by atomic mass is 32.2. The normalized spacial score (nSPS) is 20.1. The summed E-state index contributed by atoms with van der Waals surface area (Å²) in [6, 6.07) is 8.78. The number of hydrogen-bond acceptors (Lipinski definition) is 4. The van der Waals surface area contributed by atoms with Gasteiger partial charge in [0.25, 0.3) is 0 Å². The van der Waals surface area contributed by atoms with Crippen LogP contribution in [0.3, 0.4) is 0 Å². The van der Waals surface area contributed by atoms with E-state index in [0.717, 1.165) is 42.2 Å². The number of thioether (sulfide) groups is 1. The zero-order valence-electron chi connectivity index (χ0n) is 17.3. The summed E-state index contributed by atoms with van der Waals surface area (Å²) in [6.45, 7) is 8.87. The predicted molar refractivity (Wildman–Crippen MR) is 118 cm³/mol. The quantitative estimate of drug-likeness (QED) is 0.472. The molecule has 0 radical (unpaired) electrons. The number of nitrogens with zero attached hydrogens (tertiary/aromatic N) is 2. The highest BCUT2D eigenvalue weighted by molar-refractivity contribution is 7.99. The first-order chi connectivity index (χ1) is 13.2. The van der Waals surface area contributed by atoms with Crippen LogP contribution in [0.25, 0.3) is 0 Å². The van der Waals surface area contributed by atoms with E-state index in [1.165, 1.54) is 19.3 Å². The first kappa shape index (κ1) is 21.9. The SMILES string of the molecule is CCN(CC)CCOc1ccccc1CNC(=NC)NC1CCC(SC)C1. The number of hydrogen-bond donors (Lipinski definition) is 2. The number of ether oxygens (including phenoxy) is 1. The molecule has 152 valence electrons. The van der Waals surface area contributed by atoms with Gasteiger partial charge in [-0.15, -0.1) is 0 Å². The summed E-state index contributed by atoms with van der Waals surface area (Å²) in [7, 11) is 1.84. The summed E-state index contributed by atoms with van der Waals surface area (Å²) in [5.41, 5.74) is 1.16. The van der Waals surface area contributed by atoms with Crippen LogP contribution in [-0.4, -0.2) is 61.7 Å². The highest BCUT2D eigenvalue weighted by Crippen LogP contribution is 2.28. The maximum absolute atomic E-state index is 6.05. The monoisotopic (exact) mass is 392 g/mol. The first-order valence-electron chi connectivity index (χ1n) is 10.1. The Balaban J connectivity index is 1.83. The van der Waals surface area contributed by atoms with E-state index in [1.807, 2.05) is 24.9 Å². The topological polar surface area (TPSA) is 48.9 Å². The Bertz CT molecular complexity index is 577. The Kier molecular flexibility index (Phi) is 9.84. The van der Waals surface area contributed by atoms with Gasteiger partial charge < -0.3 is 20.3 Å². The summed E-state index contributed by atoms with van der Waals surface area (Å²) in [5.74, 6) is 1.83. The summed E-state index contributed by atoms with van der Waals surface area (Å²) < 4.78 is 6.05. The zero-order valence-corrected chi connectivity index (χ0v) is 18.1. The maximum Gasteiger partial charge on any atom is 0.191 e. The fourth-order valence-corrected chi connectivity index (χ4v) is 4.26. The molecule has 1 aromatic rings. The van der Waals surface area contributed by atoms with E-state index in [-0.39, 0.29) is 0 Å². The van der Waals surface area contributed by atoms with Crippen LogP contribution in [0.1, 0.15) is 38.7 Å². The lowest BCUT2D eigenvalue weighted by molar-refractivity contribution is 0.221. The molecular formula is C21H36N4OS. The third-order valence-electron chi connectivity index (χ3n) is 5.26. The van der Waals surface area contributed by atoms with Crippen molar-refractivity contribution in [2.75, 3.05) is 39.5 Å². The number of rotatable bonds is 10. The van der Waals surface area contributed by atoms with Gasteiger partial charge in [0.15, 0.2) is 5.96 Å². The molecule has 1 aliphatic carbocycles. The van der Waals surface area contributed by atoms with Gasteiger partial charge in [0, 0.05) is 37.0 Å². The highest BCUT2D eigenvalue weighted by Gasteiger charge is 2.24. The van der Waals surface area contributed by atoms with Crippen LogP contribution in [0.2, 0.25) is 0 Å². The van der Waals surface area contributed by atoms with E-state index >= 15 is 0 Å².